The lowest BCUT2D eigenvalue weighted by atomic mass is 10.1. The number of rotatable bonds is 5. The van der Waals surface area contributed by atoms with Crippen molar-refractivity contribution >= 4 is 35.4 Å². The number of nitrogens with one attached hydrogen (secondary N) is 1. The molecule has 0 aliphatic carbocycles. The maximum Gasteiger partial charge on any atom is 0.329 e. The highest BCUT2D eigenvalue weighted by Gasteiger charge is 2.36. The topological polar surface area (TPSA) is 182 Å². The standard InChI is InChI=1S/C13H10N4O9/c1-26-10(18)5-15-12(20)8(14-13(15)21)3-6-2-7(16(22)23)4-9(11(6)19)17(24)25/h2-4,19H,5H2,1H3,(H,14,21)/b8-3+. The molecule has 1 fully saturated rings. The quantitative estimate of drug-likeness (QED) is 0.243. The first-order valence-electron chi connectivity index (χ1n) is 6.72. The molecule has 1 aliphatic rings. The van der Waals surface area contributed by atoms with E-state index in [0.717, 1.165) is 19.3 Å². The summed E-state index contributed by atoms with van der Waals surface area (Å²) in [6.07, 6.45) is 0.826. The fourth-order valence-electron chi connectivity index (χ4n) is 2.04. The minimum Gasteiger partial charge on any atom is -0.502 e. The number of hydrogen-bond donors (Lipinski definition) is 2. The molecule has 0 unspecified atom stereocenters. The lowest BCUT2D eigenvalue weighted by Gasteiger charge is -2.09. The van der Waals surface area contributed by atoms with Crippen molar-refractivity contribution in [2.45, 2.75) is 0 Å². The number of non-ortho nitro benzene ring substituents is 1. The Kier molecular flexibility index (Phi) is 4.82. The SMILES string of the molecule is COC(=O)CN1C(=O)N/C(=C/c2cc([N+](=O)[O-])cc([N+](=O)[O-])c2O)C1=O. The van der Waals surface area contributed by atoms with Gasteiger partial charge in [0.1, 0.15) is 12.2 Å². The maximum atomic E-state index is 12.1. The number of phenols is 1. The highest BCUT2D eigenvalue weighted by atomic mass is 16.6. The molecule has 3 amide bonds. The van der Waals surface area contributed by atoms with E-state index < -0.39 is 62.7 Å². The number of carbonyl (C=O) groups excluding carboxylic acids is 3. The fourth-order valence-corrected chi connectivity index (χ4v) is 2.04. The minimum atomic E-state index is -1.04. The van der Waals surface area contributed by atoms with Crippen molar-refractivity contribution in [1.82, 2.24) is 10.2 Å². The predicted molar refractivity (Wildman–Crippen MR) is 81.7 cm³/mol. The zero-order valence-corrected chi connectivity index (χ0v) is 13.0. The summed E-state index contributed by atoms with van der Waals surface area (Å²) in [7, 11) is 1.05. The Morgan fingerprint density at radius 2 is 1.96 bits per heavy atom. The summed E-state index contributed by atoms with van der Waals surface area (Å²) in [6.45, 7) is -0.681. The average Bonchev–Trinajstić information content (AvgIpc) is 2.83. The molecule has 0 aromatic heterocycles. The third kappa shape index (κ3) is 3.40. The number of nitro benzene ring substituents is 2. The average molecular weight is 366 g/mol. The molecule has 1 aliphatic heterocycles. The van der Waals surface area contributed by atoms with Gasteiger partial charge in [0.15, 0.2) is 0 Å². The Hall–Kier alpha value is -4.03. The highest BCUT2D eigenvalue weighted by molar-refractivity contribution is 6.15. The Labute approximate surface area is 143 Å². The molecule has 1 aromatic rings. The summed E-state index contributed by atoms with van der Waals surface area (Å²) in [5, 5.41) is 33.8. The van der Waals surface area contributed by atoms with Gasteiger partial charge in [0.2, 0.25) is 5.75 Å². The molecule has 0 saturated carbocycles. The van der Waals surface area contributed by atoms with Crippen molar-refractivity contribution < 1.29 is 34.1 Å². The van der Waals surface area contributed by atoms with Gasteiger partial charge in [-0.3, -0.25) is 29.8 Å². The molecule has 1 saturated heterocycles. The number of phenolic OH excluding ortho intramolecular Hbond substituents is 1. The number of aromatic hydroxyl groups is 1. The van der Waals surface area contributed by atoms with Crippen molar-refractivity contribution in [2.24, 2.45) is 0 Å². The van der Waals surface area contributed by atoms with Crippen LogP contribution < -0.4 is 5.32 Å². The van der Waals surface area contributed by atoms with Crippen LogP contribution >= 0.6 is 0 Å². The van der Waals surface area contributed by atoms with E-state index >= 15 is 0 Å². The lowest BCUT2D eigenvalue weighted by Crippen LogP contribution is -2.36. The van der Waals surface area contributed by atoms with E-state index in [4.69, 9.17) is 0 Å². The van der Waals surface area contributed by atoms with Gasteiger partial charge in [-0.25, -0.2) is 9.69 Å². The third-order valence-electron chi connectivity index (χ3n) is 3.29. The normalized spacial score (nSPS) is 15.1. The molecule has 13 nitrogen and oxygen atoms in total. The number of imide groups is 1. The van der Waals surface area contributed by atoms with Crippen LogP contribution in [0.3, 0.4) is 0 Å². The van der Waals surface area contributed by atoms with Gasteiger partial charge in [-0.15, -0.1) is 0 Å². The zero-order valence-electron chi connectivity index (χ0n) is 13.0. The van der Waals surface area contributed by atoms with Crippen LogP contribution in [0.5, 0.6) is 5.75 Å². The lowest BCUT2D eigenvalue weighted by molar-refractivity contribution is -0.394. The van der Waals surface area contributed by atoms with Crippen molar-refractivity contribution in [3.8, 4) is 5.75 Å². The van der Waals surface area contributed by atoms with Gasteiger partial charge in [-0.1, -0.05) is 0 Å². The third-order valence-corrected chi connectivity index (χ3v) is 3.29. The number of urea groups is 1. The Balaban J connectivity index is 2.48. The van der Waals surface area contributed by atoms with E-state index in [9.17, 15) is 39.7 Å². The zero-order chi connectivity index (χ0) is 19.6. The van der Waals surface area contributed by atoms with Crippen LogP contribution in [-0.4, -0.2) is 51.4 Å². The van der Waals surface area contributed by atoms with Crippen LogP contribution in [0.15, 0.2) is 17.8 Å². The summed E-state index contributed by atoms with van der Waals surface area (Å²) in [6, 6.07) is 0.374. The van der Waals surface area contributed by atoms with Gasteiger partial charge in [0.05, 0.1) is 23.0 Å². The number of ether oxygens (including phenoxy) is 1. The number of amides is 3. The second kappa shape index (κ2) is 6.84. The summed E-state index contributed by atoms with van der Waals surface area (Å²) >= 11 is 0. The molecule has 1 heterocycles. The van der Waals surface area contributed by atoms with Crippen molar-refractivity contribution in [3.05, 3.63) is 43.6 Å². The Bertz CT molecular complexity index is 877. The number of carbonyl (C=O) groups is 3. The van der Waals surface area contributed by atoms with Gasteiger partial charge < -0.3 is 15.2 Å². The molecule has 0 atom stereocenters. The summed E-state index contributed by atoms with van der Waals surface area (Å²) in [4.78, 5) is 55.4. The first-order valence-corrected chi connectivity index (χ1v) is 6.72. The van der Waals surface area contributed by atoms with E-state index in [-0.39, 0.29) is 0 Å². The highest BCUT2D eigenvalue weighted by Crippen LogP contribution is 2.35. The molecule has 26 heavy (non-hydrogen) atoms. The van der Waals surface area contributed by atoms with Crippen molar-refractivity contribution in [2.75, 3.05) is 13.7 Å². The Morgan fingerprint density at radius 1 is 1.31 bits per heavy atom. The van der Waals surface area contributed by atoms with Crippen LogP contribution in [0.4, 0.5) is 16.2 Å². The second-order valence-corrected chi connectivity index (χ2v) is 4.87. The van der Waals surface area contributed by atoms with E-state index in [0.29, 0.717) is 11.0 Å². The maximum absolute atomic E-state index is 12.1. The smallest absolute Gasteiger partial charge is 0.329 e. The summed E-state index contributed by atoms with van der Waals surface area (Å²) in [5.74, 6) is -2.78. The number of nitro groups is 2. The molecular formula is C13H10N4O9. The second-order valence-electron chi connectivity index (χ2n) is 4.87. The molecule has 2 N–H and O–H groups in total. The van der Waals surface area contributed by atoms with E-state index in [1.807, 2.05) is 0 Å². The predicted octanol–water partition coefficient (Wildman–Crippen LogP) is 0.274. The molecule has 2 rings (SSSR count). The number of esters is 1. The molecular weight excluding hydrogens is 356 g/mol. The summed E-state index contributed by atoms with van der Waals surface area (Å²) < 4.78 is 4.34. The molecule has 136 valence electrons. The molecule has 13 heteroatoms. The van der Waals surface area contributed by atoms with Crippen LogP contribution in [0.2, 0.25) is 0 Å². The van der Waals surface area contributed by atoms with Gasteiger partial charge in [0, 0.05) is 11.6 Å². The van der Waals surface area contributed by atoms with E-state index in [2.05, 4.69) is 10.1 Å². The van der Waals surface area contributed by atoms with Crippen LogP contribution in [-0.2, 0) is 14.3 Å². The summed E-state index contributed by atoms with van der Waals surface area (Å²) in [5.41, 5.74) is -2.53. The van der Waals surface area contributed by atoms with Crippen LogP contribution in [0.1, 0.15) is 5.56 Å². The first kappa shape index (κ1) is 18.3. The molecule has 0 radical (unpaired) electrons. The van der Waals surface area contributed by atoms with Gasteiger partial charge in [-0.2, -0.15) is 0 Å². The Morgan fingerprint density at radius 3 is 2.50 bits per heavy atom. The van der Waals surface area contributed by atoms with E-state index in [1.54, 1.807) is 0 Å². The van der Waals surface area contributed by atoms with Crippen molar-refractivity contribution in [1.29, 1.82) is 0 Å². The molecule has 0 bridgehead atoms. The molecule has 1 aromatic carbocycles. The number of benzene rings is 1. The largest absolute Gasteiger partial charge is 0.502 e. The number of nitrogens with zero attached hydrogens (tertiary/aromatic N) is 3. The van der Waals surface area contributed by atoms with Gasteiger partial charge >= 0.3 is 17.7 Å². The van der Waals surface area contributed by atoms with Crippen molar-refractivity contribution in [3.63, 3.8) is 0 Å². The van der Waals surface area contributed by atoms with E-state index in [1.165, 1.54) is 0 Å². The minimum absolute atomic E-state index is 0.436. The first-order chi connectivity index (χ1) is 12.1. The van der Waals surface area contributed by atoms with Gasteiger partial charge in [-0.05, 0) is 6.08 Å². The van der Waals surface area contributed by atoms with Crippen LogP contribution in [0, 0.1) is 20.2 Å². The number of methoxy groups -OCH3 is 1. The molecule has 0 spiro atoms. The monoisotopic (exact) mass is 366 g/mol. The van der Waals surface area contributed by atoms with Gasteiger partial charge in [0.25, 0.3) is 11.6 Å². The number of hydrogen-bond acceptors (Lipinski definition) is 9. The van der Waals surface area contributed by atoms with Crippen LogP contribution in [0.25, 0.3) is 6.08 Å². The fraction of sp³-hybridized carbons (Fsp3) is 0.154.